The summed E-state index contributed by atoms with van der Waals surface area (Å²) in [5.41, 5.74) is 15.4. The summed E-state index contributed by atoms with van der Waals surface area (Å²) in [7, 11) is -3.65. The summed E-state index contributed by atoms with van der Waals surface area (Å²) in [6.45, 7) is 5.15. The van der Waals surface area contributed by atoms with Gasteiger partial charge < -0.3 is 11.5 Å². The number of nitrogens with two attached hydrogens (primary N) is 2. The second-order valence-corrected chi connectivity index (χ2v) is 8.57. The Morgan fingerprint density at radius 3 is 1.68 bits per heavy atom. The number of aryl methyl sites for hydroxylation is 1. The highest BCUT2D eigenvalue weighted by Crippen LogP contribution is 2.11. The van der Waals surface area contributed by atoms with Gasteiger partial charge in [-0.15, -0.1) is 0 Å². The van der Waals surface area contributed by atoms with E-state index in [1.165, 1.54) is 6.92 Å². The zero-order valence-corrected chi connectivity index (χ0v) is 18.5. The van der Waals surface area contributed by atoms with Crippen molar-refractivity contribution in [2.45, 2.75) is 25.7 Å². The normalized spacial score (nSPS) is 11.3. The summed E-state index contributed by atoms with van der Waals surface area (Å²) in [5, 5.41) is 3.93. The van der Waals surface area contributed by atoms with Crippen molar-refractivity contribution in [3.8, 4) is 0 Å². The SMILES string of the molecule is C/C(=N\NS(=O)(=O)c1ccc(C)cc1)c1ccc(N)cc1.CC(=O)c1ccc(N)cc1. The number of carbonyl (C=O) groups is 1. The Bertz CT molecular complexity index is 1150. The average Bonchev–Trinajstić information content (AvgIpc) is 2.74. The van der Waals surface area contributed by atoms with Gasteiger partial charge >= 0.3 is 0 Å². The third-order valence-corrected chi connectivity index (χ3v) is 5.53. The maximum Gasteiger partial charge on any atom is 0.276 e. The van der Waals surface area contributed by atoms with Gasteiger partial charge in [0, 0.05) is 16.9 Å². The first-order valence-electron chi connectivity index (χ1n) is 9.43. The van der Waals surface area contributed by atoms with Crippen molar-refractivity contribution >= 4 is 32.9 Å². The predicted octanol–water partition coefficient (Wildman–Crippen LogP) is 3.75. The number of hydrazone groups is 1. The van der Waals surface area contributed by atoms with Gasteiger partial charge in [0.2, 0.25) is 0 Å². The monoisotopic (exact) mass is 438 g/mol. The number of anilines is 2. The molecule has 0 bridgehead atoms. The molecule has 3 rings (SSSR count). The minimum atomic E-state index is -3.65. The Morgan fingerprint density at radius 1 is 0.774 bits per heavy atom. The highest BCUT2D eigenvalue weighted by molar-refractivity contribution is 7.89. The predicted molar refractivity (Wildman–Crippen MR) is 125 cm³/mol. The van der Waals surface area contributed by atoms with Crippen molar-refractivity contribution in [3.63, 3.8) is 0 Å². The van der Waals surface area contributed by atoms with Crippen LogP contribution in [-0.2, 0) is 10.0 Å². The lowest BCUT2D eigenvalue weighted by atomic mass is 10.1. The lowest BCUT2D eigenvalue weighted by Crippen LogP contribution is -2.19. The first-order valence-corrected chi connectivity index (χ1v) is 10.9. The minimum Gasteiger partial charge on any atom is -0.399 e. The smallest absolute Gasteiger partial charge is 0.276 e. The van der Waals surface area contributed by atoms with Crippen molar-refractivity contribution in [1.82, 2.24) is 4.83 Å². The molecule has 7 nitrogen and oxygen atoms in total. The van der Waals surface area contributed by atoms with Gasteiger partial charge in [-0.1, -0.05) is 29.8 Å². The van der Waals surface area contributed by atoms with Gasteiger partial charge in [0.05, 0.1) is 10.6 Å². The molecule has 3 aromatic rings. The van der Waals surface area contributed by atoms with Crippen molar-refractivity contribution in [1.29, 1.82) is 0 Å². The maximum absolute atomic E-state index is 12.1. The number of nitrogens with one attached hydrogen (secondary N) is 1. The summed E-state index contributed by atoms with van der Waals surface area (Å²) in [6.07, 6.45) is 0. The van der Waals surface area contributed by atoms with Crippen LogP contribution < -0.4 is 16.3 Å². The molecular weight excluding hydrogens is 412 g/mol. The third-order valence-electron chi connectivity index (χ3n) is 4.31. The van der Waals surface area contributed by atoms with Crippen LogP contribution in [0.15, 0.2) is 82.8 Å². The molecule has 0 spiro atoms. The van der Waals surface area contributed by atoms with Crippen LogP contribution in [0.5, 0.6) is 0 Å². The van der Waals surface area contributed by atoms with Crippen LogP contribution in [0.25, 0.3) is 0 Å². The Kier molecular flexibility index (Phi) is 7.93. The second-order valence-electron chi connectivity index (χ2n) is 6.91. The van der Waals surface area contributed by atoms with Crippen molar-refractivity contribution in [3.05, 3.63) is 89.5 Å². The third kappa shape index (κ3) is 7.27. The fourth-order valence-corrected chi connectivity index (χ4v) is 3.26. The highest BCUT2D eigenvalue weighted by Gasteiger charge is 2.12. The standard InChI is InChI=1S/C15H17N3O2S.C8H9NO/c1-11-3-9-15(10-4-11)21(19,20)18-17-12(2)13-5-7-14(16)8-6-13;1-6(10)7-2-4-8(9)5-3-7/h3-10,18H,16H2,1-2H3;2-5H,9H2,1H3/b17-12+;. The molecule has 0 amide bonds. The van der Waals surface area contributed by atoms with E-state index in [-0.39, 0.29) is 10.7 Å². The number of ketones is 1. The van der Waals surface area contributed by atoms with Crippen LogP contribution in [0.3, 0.4) is 0 Å². The van der Waals surface area contributed by atoms with Crippen LogP contribution >= 0.6 is 0 Å². The quantitative estimate of drug-likeness (QED) is 0.242. The lowest BCUT2D eigenvalue weighted by molar-refractivity contribution is 0.101. The number of sulfonamides is 1. The van der Waals surface area contributed by atoms with E-state index in [2.05, 4.69) is 9.93 Å². The van der Waals surface area contributed by atoms with E-state index in [0.717, 1.165) is 11.1 Å². The van der Waals surface area contributed by atoms with Crippen LogP contribution in [0.2, 0.25) is 0 Å². The number of nitrogen functional groups attached to an aromatic ring is 2. The number of hydrogen-bond donors (Lipinski definition) is 3. The fraction of sp³-hybridized carbons (Fsp3) is 0.130. The number of hydrogen-bond acceptors (Lipinski definition) is 6. The van der Waals surface area contributed by atoms with Gasteiger partial charge in [0.15, 0.2) is 5.78 Å². The van der Waals surface area contributed by atoms with E-state index in [1.54, 1.807) is 79.7 Å². The Morgan fingerprint density at radius 2 is 1.23 bits per heavy atom. The summed E-state index contributed by atoms with van der Waals surface area (Å²) in [5.74, 6) is 0.0694. The molecule has 0 atom stereocenters. The zero-order valence-electron chi connectivity index (χ0n) is 17.7. The minimum absolute atomic E-state index is 0.0694. The number of rotatable bonds is 5. The van der Waals surface area contributed by atoms with Crippen LogP contribution in [0.4, 0.5) is 11.4 Å². The molecule has 8 heteroatoms. The Hall–Kier alpha value is -3.65. The molecule has 0 heterocycles. The molecule has 5 N–H and O–H groups in total. The van der Waals surface area contributed by atoms with E-state index < -0.39 is 10.0 Å². The highest BCUT2D eigenvalue weighted by atomic mass is 32.2. The first-order chi connectivity index (χ1) is 14.6. The van der Waals surface area contributed by atoms with E-state index in [4.69, 9.17) is 11.5 Å². The van der Waals surface area contributed by atoms with E-state index in [0.29, 0.717) is 22.6 Å². The average molecular weight is 439 g/mol. The molecule has 0 aromatic heterocycles. The molecule has 3 aromatic carbocycles. The van der Waals surface area contributed by atoms with Gasteiger partial charge in [-0.05, 0) is 74.9 Å². The zero-order chi connectivity index (χ0) is 23.0. The molecule has 0 unspecified atom stereocenters. The molecular formula is C23H26N4O3S. The molecule has 162 valence electrons. The number of benzene rings is 3. The Labute approximate surface area is 182 Å². The van der Waals surface area contributed by atoms with E-state index in [9.17, 15) is 13.2 Å². The molecule has 0 aliphatic heterocycles. The van der Waals surface area contributed by atoms with Crippen molar-refractivity contribution < 1.29 is 13.2 Å². The number of nitrogens with zero attached hydrogens (tertiary/aromatic N) is 1. The van der Waals surface area contributed by atoms with Crippen LogP contribution in [0, 0.1) is 6.92 Å². The lowest BCUT2D eigenvalue weighted by Gasteiger charge is -2.06. The summed E-state index contributed by atoms with van der Waals surface area (Å²) >= 11 is 0. The summed E-state index contributed by atoms with van der Waals surface area (Å²) < 4.78 is 24.2. The van der Waals surface area contributed by atoms with Crippen LogP contribution in [-0.4, -0.2) is 19.9 Å². The topological polar surface area (TPSA) is 128 Å². The fourth-order valence-electron chi connectivity index (χ4n) is 2.41. The molecule has 0 aliphatic carbocycles. The van der Waals surface area contributed by atoms with Crippen molar-refractivity contribution in [2.24, 2.45) is 5.10 Å². The van der Waals surface area contributed by atoms with Crippen LogP contribution in [0.1, 0.15) is 35.3 Å². The molecule has 0 aliphatic rings. The summed E-state index contributed by atoms with van der Waals surface area (Å²) in [4.78, 5) is 13.1. The number of carbonyl (C=O) groups excluding carboxylic acids is 1. The largest absolute Gasteiger partial charge is 0.399 e. The molecule has 31 heavy (non-hydrogen) atoms. The molecule has 0 fully saturated rings. The van der Waals surface area contributed by atoms with E-state index >= 15 is 0 Å². The second kappa shape index (κ2) is 10.4. The molecule has 0 radical (unpaired) electrons. The van der Waals surface area contributed by atoms with E-state index in [1.807, 2.05) is 6.92 Å². The van der Waals surface area contributed by atoms with Gasteiger partial charge in [-0.2, -0.15) is 18.4 Å². The molecule has 0 saturated heterocycles. The van der Waals surface area contributed by atoms with Gasteiger partial charge in [0.1, 0.15) is 0 Å². The van der Waals surface area contributed by atoms with Gasteiger partial charge in [-0.3, -0.25) is 4.79 Å². The van der Waals surface area contributed by atoms with Gasteiger partial charge in [0.25, 0.3) is 10.0 Å². The Balaban J connectivity index is 0.000000285. The molecule has 0 saturated carbocycles. The van der Waals surface area contributed by atoms with Crippen molar-refractivity contribution in [2.75, 3.05) is 11.5 Å². The number of Topliss-reactive ketones (excluding diaryl/α,β-unsaturated/α-hetero) is 1. The maximum atomic E-state index is 12.1. The summed E-state index contributed by atoms with van der Waals surface area (Å²) in [6, 6.07) is 20.5. The van der Waals surface area contributed by atoms with Gasteiger partial charge in [-0.25, -0.2) is 0 Å². The first kappa shape index (κ1) is 23.6.